The highest BCUT2D eigenvalue weighted by atomic mass is 79.9. The normalized spacial score (nSPS) is 9.56. The minimum absolute atomic E-state index is 0.139. The van der Waals surface area contributed by atoms with Gasteiger partial charge in [0.25, 0.3) is 0 Å². The Kier molecular flexibility index (Phi) is 2.25. The molecule has 1 nitrogen and oxygen atoms in total. The van der Waals surface area contributed by atoms with Crippen LogP contribution in [-0.2, 0) is 6.61 Å². The predicted octanol–water partition coefficient (Wildman–Crippen LogP) is 1.31. The lowest BCUT2D eigenvalue weighted by Crippen LogP contribution is -2.01. The largest absolute Gasteiger partial charge is 0.851 e. The van der Waals surface area contributed by atoms with Crippen molar-refractivity contribution in [3.8, 4) is 0 Å². The standard InChI is InChI=1S/C7H6BrO/c8-7-3-1-2-6(4-7)5-9/h1-4H,5H2/q-1. The molecule has 0 saturated heterocycles. The van der Waals surface area contributed by atoms with Crippen LogP contribution in [0.4, 0.5) is 0 Å². The molecular formula is C7H6BrO-. The Morgan fingerprint density at radius 3 is 2.67 bits per heavy atom. The molecule has 1 aromatic carbocycles. The average Bonchev–Trinajstić information content (AvgIpc) is 1.88. The molecule has 0 bridgehead atoms. The molecule has 0 amide bonds. The molecule has 0 unspecified atom stereocenters. The highest BCUT2D eigenvalue weighted by Crippen LogP contribution is 2.10. The van der Waals surface area contributed by atoms with E-state index in [0.717, 1.165) is 10.0 Å². The second-order valence-corrected chi connectivity index (χ2v) is 2.69. The summed E-state index contributed by atoms with van der Waals surface area (Å²) in [5.41, 5.74) is 0.823. The van der Waals surface area contributed by atoms with Crippen LogP contribution in [0.5, 0.6) is 0 Å². The van der Waals surface area contributed by atoms with Crippen LogP contribution < -0.4 is 5.11 Å². The van der Waals surface area contributed by atoms with Crippen LogP contribution in [0.15, 0.2) is 28.7 Å². The zero-order valence-electron chi connectivity index (χ0n) is 4.80. The molecule has 0 heterocycles. The number of halogens is 1. The van der Waals surface area contributed by atoms with E-state index in [0.29, 0.717) is 0 Å². The van der Waals surface area contributed by atoms with Gasteiger partial charge in [-0.3, -0.25) is 0 Å². The first-order valence-electron chi connectivity index (χ1n) is 2.65. The minimum Gasteiger partial charge on any atom is -0.851 e. The van der Waals surface area contributed by atoms with Crippen LogP contribution in [0.2, 0.25) is 0 Å². The first-order valence-corrected chi connectivity index (χ1v) is 3.45. The van der Waals surface area contributed by atoms with Crippen LogP contribution >= 0.6 is 15.9 Å². The van der Waals surface area contributed by atoms with Gasteiger partial charge in [0.2, 0.25) is 0 Å². The fourth-order valence-corrected chi connectivity index (χ4v) is 1.07. The van der Waals surface area contributed by atoms with Gasteiger partial charge in [0.15, 0.2) is 0 Å². The summed E-state index contributed by atoms with van der Waals surface area (Å²) in [5, 5.41) is 10.3. The highest BCUT2D eigenvalue weighted by Gasteiger charge is 1.84. The maximum atomic E-state index is 10.3. The van der Waals surface area contributed by atoms with E-state index in [-0.39, 0.29) is 6.61 Å². The zero-order valence-corrected chi connectivity index (χ0v) is 6.39. The van der Waals surface area contributed by atoms with Crippen molar-refractivity contribution in [1.82, 2.24) is 0 Å². The highest BCUT2D eigenvalue weighted by molar-refractivity contribution is 9.10. The summed E-state index contributed by atoms with van der Waals surface area (Å²) in [4.78, 5) is 0. The van der Waals surface area contributed by atoms with Crippen LogP contribution in [-0.4, -0.2) is 0 Å². The summed E-state index contributed by atoms with van der Waals surface area (Å²) in [7, 11) is 0. The average molecular weight is 186 g/mol. The lowest BCUT2D eigenvalue weighted by atomic mass is 10.2. The summed E-state index contributed by atoms with van der Waals surface area (Å²) in [6.07, 6.45) is 0. The van der Waals surface area contributed by atoms with Crippen molar-refractivity contribution in [2.24, 2.45) is 0 Å². The van der Waals surface area contributed by atoms with E-state index >= 15 is 0 Å². The van der Waals surface area contributed by atoms with E-state index in [9.17, 15) is 5.11 Å². The van der Waals surface area contributed by atoms with Crippen molar-refractivity contribution < 1.29 is 5.11 Å². The third-order valence-corrected chi connectivity index (χ3v) is 1.55. The number of hydrogen-bond donors (Lipinski definition) is 0. The quantitative estimate of drug-likeness (QED) is 0.648. The summed E-state index contributed by atoms with van der Waals surface area (Å²) in [6, 6.07) is 7.40. The fourth-order valence-electron chi connectivity index (χ4n) is 0.627. The van der Waals surface area contributed by atoms with Crippen LogP contribution in [0.25, 0.3) is 0 Å². The number of benzene rings is 1. The molecular weight excluding hydrogens is 180 g/mol. The molecule has 0 aromatic heterocycles. The molecule has 0 aliphatic heterocycles. The van der Waals surface area contributed by atoms with Gasteiger partial charge in [0.1, 0.15) is 0 Å². The Balaban J connectivity index is 2.94. The lowest BCUT2D eigenvalue weighted by Gasteiger charge is -2.02. The van der Waals surface area contributed by atoms with Crippen molar-refractivity contribution in [2.75, 3.05) is 0 Å². The molecule has 0 atom stereocenters. The molecule has 2 heteroatoms. The van der Waals surface area contributed by atoms with Gasteiger partial charge in [0.05, 0.1) is 0 Å². The fraction of sp³-hybridized carbons (Fsp3) is 0.143. The van der Waals surface area contributed by atoms with Gasteiger partial charge in [-0.25, -0.2) is 0 Å². The molecule has 1 aromatic rings. The maximum Gasteiger partial charge on any atom is 0.0177 e. The number of rotatable bonds is 1. The molecule has 0 spiro atoms. The third-order valence-electron chi connectivity index (χ3n) is 1.06. The van der Waals surface area contributed by atoms with Crippen LogP contribution in [0.1, 0.15) is 5.56 Å². The summed E-state index contributed by atoms with van der Waals surface area (Å²) in [5.74, 6) is 0. The monoisotopic (exact) mass is 185 g/mol. The van der Waals surface area contributed by atoms with Crippen LogP contribution in [0, 0.1) is 0 Å². The van der Waals surface area contributed by atoms with E-state index in [2.05, 4.69) is 15.9 Å². The Hall–Kier alpha value is -0.340. The third kappa shape index (κ3) is 1.80. The summed E-state index contributed by atoms with van der Waals surface area (Å²) < 4.78 is 0.968. The Morgan fingerprint density at radius 1 is 1.44 bits per heavy atom. The van der Waals surface area contributed by atoms with Gasteiger partial charge >= 0.3 is 0 Å². The van der Waals surface area contributed by atoms with E-state index in [1.165, 1.54) is 0 Å². The van der Waals surface area contributed by atoms with E-state index < -0.39 is 0 Å². The minimum atomic E-state index is -0.139. The summed E-state index contributed by atoms with van der Waals surface area (Å²) >= 11 is 3.26. The maximum absolute atomic E-state index is 10.3. The number of hydrogen-bond acceptors (Lipinski definition) is 1. The molecule has 9 heavy (non-hydrogen) atoms. The van der Waals surface area contributed by atoms with Crippen molar-refractivity contribution in [2.45, 2.75) is 6.61 Å². The first-order chi connectivity index (χ1) is 4.33. The van der Waals surface area contributed by atoms with Crippen molar-refractivity contribution in [3.05, 3.63) is 34.3 Å². The topological polar surface area (TPSA) is 23.1 Å². The van der Waals surface area contributed by atoms with Gasteiger partial charge in [-0.05, 0) is 12.1 Å². The molecule has 0 aliphatic rings. The summed E-state index contributed by atoms with van der Waals surface area (Å²) in [6.45, 7) is -0.139. The predicted molar refractivity (Wildman–Crippen MR) is 37.8 cm³/mol. The van der Waals surface area contributed by atoms with E-state index in [1.54, 1.807) is 0 Å². The first kappa shape index (κ1) is 6.78. The van der Waals surface area contributed by atoms with Crippen molar-refractivity contribution >= 4 is 15.9 Å². The van der Waals surface area contributed by atoms with Gasteiger partial charge < -0.3 is 5.11 Å². The van der Waals surface area contributed by atoms with Gasteiger partial charge in [-0.15, -0.1) is 6.61 Å². The van der Waals surface area contributed by atoms with Gasteiger partial charge in [-0.2, -0.15) is 0 Å². The molecule has 0 aliphatic carbocycles. The Labute approximate surface area is 62.5 Å². The lowest BCUT2D eigenvalue weighted by molar-refractivity contribution is -0.386. The van der Waals surface area contributed by atoms with E-state index in [1.807, 2.05) is 24.3 Å². The van der Waals surface area contributed by atoms with Gasteiger partial charge in [-0.1, -0.05) is 33.6 Å². The molecule has 0 N–H and O–H groups in total. The Bertz CT molecular complexity index is 198. The molecule has 0 fully saturated rings. The second kappa shape index (κ2) is 2.99. The van der Waals surface area contributed by atoms with Crippen molar-refractivity contribution in [1.29, 1.82) is 0 Å². The molecule has 0 saturated carbocycles. The smallest absolute Gasteiger partial charge is 0.0177 e. The molecule has 48 valence electrons. The van der Waals surface area contributed by atoms with Crippen molar-refractivity contribution in [3.63, 3.8) is 0 Å². The molecule has 0 radical (unpaired) electrons. The Morgan fingerprint density at radius 2 is 2.22 bits per heavy atom. The second-order valence-electron chi connectivity index (χ2n) is 1.77. The van der Waals surface area contributed by atoms with Gasteiger partial charge in [0, 0.05) is 4.47 Å². The SMILES string of the molecule is [O-]Cc1cccc(Br)c1. The van der Waals surface area contributed by atoms with E-state index in [4.69, 9.17) is 0 Å². The molecule has 1 rings (SSSR count). The zero-order chi connectivity index (χ0) is 6.69. The van der Waals surface area contributed by atoms with Crippen LogP contribution in [0.3, 0.4) is 0 Å².